The van der Waals surface area contributed by atoms with Gasteiger partial charge in [0.05, 0.1) is 11.9 Å². The van der Waals surface area contributed by atoms with Gasteiger partial charge in [0.25, 0.3) is 0 Å². The zero-order chi connectivity index (χ0) is 28.8. The average Bonchev–Trinajstić information content (AvgIpc) is 2.89. The first-order valence-electron chi connectivity index (χ1n) is 13.0. The van der Waals surface area contributed by atoms with Gasteiger partial charge in [-0.05, 0) is 46.7 Å². The lowest BCUT2D eigenvalue weighted by Gasteiger charge is -2.33. The van der Waals surface area contributed by atoms with Crippen LogP contribution in [0.2, 0.25) is 0 Å². The second kappa shape index (κ2) is 12.5. The summed E-state index contributed by atoms with van der Waals surface area (Å²) in [4.78, 5) is 28.7. The van der Waals surface area contributed by atoms with Gasteiger partial charge in [0, 0.05) is 20.0 Å². The lowest BCUT2D eigenvalue weighted by molar-refractivity contribution is -0.139. The quantitative estimate of drug-likeness (QED) is 0.405. The van der Waals surface area contributed by atoms with E-state index in [0.717, 1.165) is 32.8 Å². The van der Waals surface area contributed by atoms with Gasteiger partial charge in [-0.15, -0.1) is 0 Å². The number of amides is 2. The van der Waals surface area contributed by atoms with Crippen molar-refractivity contribution >= 4 is 27.5 Å². The molecule has 3 rings (SSSR count). The van der Waals surface area contributed by atoms with Gasteiger partial charge in [-0.25, -0.2) is 8.42 Å². The van der Waals surface area contributed by atoms with Crippen LogP contribution >= 0.6 is 0 Å². The Kier molecular flexibility index (Phi) is 9.56. The second-order valence-electron chi connectivity index (χ2n) is 10.8. The molecule has 0 heterocycles. The molecule has 3 aromatic rings. The lowest BCUT2D eigenvalue weighted by atomic mass is 9.87. The highest BCUT2D eigenvalue weighted by atomic mass is 32.2. The summed E-state index contributed by atoms with van der Waals surface area (Å²) in [5.74, 6) is -0.783. The molecular weight excluding hydrogens is 510 g/mol. The van der Waals surface area contributed by atoms with E-state index in [1.54, 1.807) is 12.1 Å². The Hall–Kier alpha value is -3.65. The minimum atomic E-state index is -3.80. The lowest BCUT2D eigenvalue weighted by Crippen LogP contribution is -2.53. The monoisotopic (exact) mass is 549 g/mol. The summed E-state index contributed by atoms with van der Waals surface area (Å²) < 4.78 is 26.9. The Labute approximate surface area is 232 Å². The van der Waals surface area contributed by atoms with Crippen LogP contribution in [0.15, 0.2) is 78.9 Å². The molecule has 0 aliphatic carbocycles. The number of hydrogen-bond acceptors (Lipinski definition) is 4. The number of nitrogens with one attached hydrogen (secondary N) is 1. The van der Waals surface area contributed by atoms with E-state index in [1.165, 1.54) is 11.9 Å². The zero-order valence-electron chi connectivity index (χ0n) is 23.6. The van der Waals surface area contributed by atoms with Gasteiger partial charge in [-0.1, -0.05) is 87.5 Å². The molecule has 39 heavy (non-hydrogen) atoms. The molecule has 0 fully saturated rings. The van der Waals surface area contributed by atoms with Crippen molar-refractivity contribution in [2.45, 2.75) is 52.1 Å². The van der Waals surface area contributed by atoms with E-state index in [1.807, 2.05) is 73.7 Å². The number of hydrogen-bond donors (Lipinski definition) is 1. The minimum absolute atomic E-state index is 0.104. The maximum Gasteiger partial charge on any atom is 0.244 e. The standard InChI is InChI=1S/C31H39N3O4S/c1-23-12-10-11-15-25(23)21-33(28(30(36)32-5)20-24-13-8-7-9-14-24)29(35)22-34(39(6,37)38)27-18-16-26(17-19-27)31(2,3)4/h7-19,28H,20-22H2,1-6H3,(H,32,36). The van der Waals surface area contributed by atoms with Crippen molar-refractivity contribution in [3.63, 3.8) is 0 Å². The molecule has 0 spiro atoms. The van der Waals surface area contributed by atoms with Gasteiger partial charge in [0.2, 0.25) is 21.8 Å². The number of likely N-dealkylation sites (N-methyl/N-ethyl adjacent to an activating group) is 1. The van der Waals surface area contributed by atoms with Crippen molar-refractivity contribution < 1.29 is 18.0 Å². The van der Waals surface area contributed by atoms with Crippen molar-refractivity contribution in [2.24, 2.45) is 0 Å². The molecule has 0 aromatic heterocycles. The van der Waals surface area contributed by atoms with Crippen molar-refractivity contribution in [2.75, 3.05) is 24.2 Å². The molecule has 0 saturated carbocycles. The highest BCUT2D eigenvalue weighted by molar-refractivity contribution is 7.92. The Bertz CT molecular complexity index is 1380. The Morgan fingerprint density at radius 3 is 2.03 bits per heavy atom. The summed E-state index contributed by atoms with van der Waals surface area (Å²) in [5, 5.41) is 2.69. The van der Waals surface area contributed by atoms with Crippen molar-refractivity contribution in [3.8, 4) is 0 Å². The number of anilines is 1. The first-order chi connectivity index (χ1) is 18.3. The van der Waals surface area contributed by atoms with Gasteiger partial charge < -0.3 is 10.2 Å². The smallest absolute Gasteiger partial charge is 0.244 e. The number of carbonyl (C=O) groups excluding carboxylic acids is 2. The van der Waals surface area contributed by atoms with E-state index in [-0.39, 0.29) is 24.3 Å². The van der Waals surface area contributed by atoms with Crippen LogP contribution < -0.4 is 9.62 Å². The first-order valence-corrected chi connectivity index (χ1v) is 14.8. The number of rotatable bonds is 10. The molecule has 3 aromatic carbocycles. The summed E-state index contributed by atoms with van der Waals surface area (Å²) in [7, 11) is -2.26. The van der Waals surface area contributed by atoms with Crippen LogP contribution in [-0.2, 0) is 38.0 Å². The Morgan fingerprint density at radius 1 is 0.897 bits per heavy atom. The number of carbonyl (C=O) groups is 2. The SMILES string of the molecule is CNC(=O)C(Cc1ccccc1)N(Cc1ccccc1C)C(=O)CN(c1ccc(C(C)(C)C)cc1)S(C)(=O)=O. The van der Waals surface area contributed by atoms with Gasteiger partial charge >= 0.3 is 0 Å². The summed E-state index contributed by atoms with van der Waals surface area (Å²) in [5.41, 5.74) is 4.10. The highest BCUT2D eigenvalue weighted by Gasteiger charge is 2.33. The normalized spacial score (nSPS) is 12.5. The fourth-order valence-corrected chi connectivity index (χ4v) is 5.28. The molecule has 1 unspecified atom stereocenters. The van der Waals surface area contributed by atoms with Crippen LogP contribution in [0.1, 0.15) is 43.0 Å². The number of benzene rings is 3. The molecule has 8 heteroatoms. The van der Waals surface area contributed by atoms with E-state index in [9.17, 15) is 18.0 Å². The third-order valence-corrected chi connectivity index (χ3v) is 7.96. The van der Waals surface area contributed by atoms with Crippen molar-refractivity contribution in [1.29, 1.82) is 0 Å². The van der Waals surface area contributed by atoms with Crippen LogP contribution in [-0.4, -0.2) is 51.0 Å². The van der Waals surface area contributed by atoms with E-state index in [2.05, 4.69) is 26.1 Å². The van der Waals surface area contributed by atoms with Crippen molar-refractivity contribution in [3.05, 3.63) is 101 Å². The number of aryl methyl sites for hydroxylation is 1. The summed E-state index contributed by atoms with van der Waals surface area (Å²) >= 11 is 0. The average molecular weight is 550 g/mol. The molecule has 0 aliphatic heterocycles. The maximum absolute atomic E-state index is 14.0. The maximum atomic E-state index is 14.0. The van der Waals surface area contributed by atoms with Gasteiger partial charge in [0.15, 0.2) is 0 Å². The third kappa shape index (κ3) is 7.93. The molecule has 0 bridgehead atoms. The van der Waals surface area contributed by atoms with Crippen LogP contribution in [0.25, 0.3) is 0 Å². The van der Waals surface area contributed by atoms with Crippen LogP contribution in [0.5, 0.6) is 0 Å². The second-order valence-corrected chi connectivity index (χ2v) is 12.7. The molecule has 7 nitrogen and oxygen atoms in total. The van der Waals surface area contributed by atoms with Gasteiger partial charge in [0.1, 0.15) is 12.6 Å². The van der Waals surface area contributed by atoms with Crippen molar-refractivity contribution in [1.82, 2.24) is 10.2 Å². The molecule has 0 saturated heterocycles. The van der Waals surface area contributed by atoms with E-state index >= 15 is 0 Å². The number of nitrogens with zero attached hydrogens (tertiary/aromatic N) is 2. The molecular formula is C31H39N3O4S. The van der Waals surface area contributed by atoms with E-state index < -0.39 is 28.5 Å². The predicted molar refractivity (Wildman–Crippen MR) is 157 cm³/mol. The molecule has 208 valence electrons. The van der Waals surface area contributed by atoms with Gasteiger partial charge in [-0.2, -0.15) is 0 Å². The Morgan fingerprint density at radius 2 is 1.49 bits per heavy atom. The first kappa shape index (κ1) is 29.9. The highest BCUT2D eigenvalue weighted by Crippen LogP contribution is 2.26. The molecule has 1 N–H and O–H groups in total. The largest absolute Gasteiger partial charge is 0.357 e. The number of sulfonamides is 1. The molecule has 0 aliphatic rings. The van der Waals surface area contributed by atoms with Crippen LogP contribution in [0.4, 0.5) is 5.69 Å². The molecule has 1 atom stereocenters. The zero-order valence-corrected chi connectivity index (χ0v) is 24.5. The predicted octanol–water partition coefficient (Wildman–Crippen LogP) is 4.44. The summed E-state index contributed by atoms with van der Waals surface area (Å²) in [6.45, 7) is 7.92. The topological polar surface area (TPSA) is 86.8 Å². The molecule has 2 amide bonds. The minimum Gasteiger partial charge on any atom is -0.357 e. The van der Waals surface area contributed by atoms with E-state index in [0.29, 0.717) is 5.69 Å². The fraction of sp³-hybridized carbons (Fsp3) is 0.355. The Balaban J connectivity index is 2.03. The fourth-order valence-electron chi connectivity index (χ4n) is 4.43. The third-order valence-electron chi connectivity index (χ3n) is 6.82. The molecule has 0 radical (unpaired) electrons. The van der Waals surface area contributed by atoms with Crippen LogP contribution in [0, 0.1) is 6.92 Å². The van der Waals surface area contributed by atoms with Gasteiger partial charge in [-0.3, -0.25) is 13.9 Å². The van der Waals surface area contributed by atoms with E-state index in [4.69, 9.17) is 0 Å². The van der Waals surface area contributed by atoms with Crippen LogP contribution in [0.3, 0.4) is 0 Å². The summed E-state index contributed by atoms with van der Waals surface area (Å²) in [6, 6.07) is 23.5. The summed E-state index contributed by atoms with van der Waals surface area (Å²) in [6.07, 6.45) is 1.38.